The van der Waals surface area contributed by atoms with Crippen molar-refractivity contribution in [3.63, 3.8) is 0 Å². The number of piperidine rings is 1. The highest BCUT2D eigenvalue weighted by Gasteiger charge is 2.42. The van der Waals surface area contributed by atoms with Crippen molar-refractivity contribution in [1.82, 2.24) is 4.90 Å². The molecule has 0 unspecified atom stereocenters. The van der Waals surface area contributed by atoms with Crippen molar-refractivity contribution >= 4 is 49.1 Å². The van der Waals surface area contributed by atoms with Crippen LogP contribution in [0.1, 0.15) is 22.5 Å². The van der Waals surface area contributed by atoms with Gasteiger partial charge < -0.3 is 14.4 Å². The quantitative estimate of drug-likeness (QED) is 0.713. The smallest absolute Gasteiger partial charge is 0.264 e. The summed E-state index contributed by atoms with van der Waals surface area (Å²) in [5, 5.41) is 0. The van der Waals surface area contributed by atoms with Gasteiger partial charge in [0.2, 0.25) is 0 Å². The monoisotopic (exact) mass is 409 g/mol. The first-order valence-corrected chi connectivity index (χ1v) is 8.52. The Morgan fingerprint density at radius 2 is 2.11 bits per heavy atom. The predicted molar refractivity (Wildman–Crippen MR) is 79.5 cm³/mol. The molecule has 1 aromatic rings. The van der Waals surface area contributed by atoms with E-state index in [4.69, 9.17) is 9.47 Å². The number of carbonyl (C=O) groups excluding carboxylic acids is 1. The highest BCUT2D eigenvalue weighted by molar-refractivity contribution is 9.13. The Balaban J connectivity index is 1.76. The number of amides is 1. The summed E-state index contributed by atoms with van der Waals surface area (Å²) in [5.41, 5.74) is 0. The van der Waals surface area contributed by atoms with E-state index < -0.39 is 5.79 Å². The first kappa shape index (κ1) is 14.0. The summed E-state index contributed by atoms with van der Waals surface area (Å²) in [7, 11) is 0. The highest BCUT2D eigenvalue weighted by atomic mass is 79.9. The second kappa shape index (κ2) is 5.44. The zero-order valence-electron chi connectivity index (χ0n) is 10.2. The number of hydrogen-bond donors (Lipinski definition) is 0. The Labute approximate surface area is 132 Å². The second-order valence-corrected chi connectivity index (χ2v) is 7.89. The number of likely N-dealkylation sites (tertiary alicyclic amines) is 1. The SMILES string of the molecule is O=C(c1cc(Br)c(Br)s1)N1CCCC2(C1)OCCO2. The Morgan fingerprint density at radius 3 is 2.74 bits per heavy atom. The van der Waals surface area contributed by atoms with Gasteiger partial charge in [-0.1, -0.05) is 0 Å². The van der Waals surface area contributed by atoms with E-state index >= 15 is 0 Å². The highest BCUT2D eigenvalue weighted by Crippen LogP contribution is 2.35. The maximum atomic E-state index is 12.5. The first-order valence-electron chi connectivity index (χ1n) is 6.12. The molecule has 0 radical (unpaired) electrons. The van der Waals surface area contributed by atoms with Crippen LogP contribution in [-0.4, -0.2) is 42.9 Å². The van der Waals surface area contributed by atoms with Gasteiger partial charge in [0.25, 0.3) is 5.91 Å². The summed E-state index contributed by atoms with van der Waals surface area (Å²) in [4.78, 5) is 15.1. The Morgan fingerprint density at radius 1 is 1.37 bits per heavy atom. The Kier molecular flexibility index (Phi) is 4.01. The minimum absolute atomic E-state index is 0.0505. The van der Waals surface area contributed by atoms with Gasteiger partial charge in [0.05, 0.1) is 28.4 Å². The Hall–Kier alpha value is 0.0500. The maximum Gasteiger partial charge on any atom is 0.264 e. The average Bonchev–Trinajstić information content (AvgIpc) is 2.97. The van der Waals surface area contributed by atoms with E-state index in [-0.39, 0.29) is 5.91 Å². The van der Waals surface area contributed by atoms with Crippen LogP contribution >= 0.6 is 43.2 Å². The van der Waals surface area contributed by atoms with E-state index in [1.807, 2.05) is 11.0 Å². The zero-order chi connectivity index (χ0) is 13.5. The molecule has 7 heteroatoms. The number of hydrogen-bond acceptors (Lipinski definition) is 4. The number of halogens is 2. The molecule has 0 N–H and O–H groups in total. The summed E-state index contributed by atoms with van der Waals surface area (Å²) >= 11 is 8.28. The fraction of sp³-hybridized carbons (Fsp3) is 0.583. The number of rotatable bonds is 1. The van der Waals surface area contributed by atoms with Gasteiger partial charge in [-0.05, 0) is 44.3 Å². The average molecular weight is 411 g/mol. The lowest BCUT2D eigenvalue weighted by Gasteiger charge is -2.38. The minimum atomic E-state index is -0.556. The summed E-state index contributed by atoms with van der Waals surface area (Å²) < 4.78 is 13.2. The largest absolute Gasteiger partial charge is 0.346 e. The molecule has 2 saturated heterocycles. The van der Waals surface area contributed by atoms with Crippen molar-refractivity contribution < 1.29 is 14.3 Å². The molecule has 3 rings (SSSR count). The van der Waals surface area contributed by atoms with Gasteiger partial charge in [-0.3, -0.25) is 4.79 Å². The van der Waals surface area contributed by atoms with Crippen molar-refractivity contribution in [3.8, 4) is 0 Å². The third kappa shape index (κ3) is 2.76. The van der Waals surface area contributed by atoms with E-state index in [0.29, 0.717) is 19.8 Å². The molecule has 104 valence electrons. The van der Waals surface area contributed by atoms with Crippen molar-refractivity contribution in [2.75, 3.05) is 26.3 Å². The minimum Gasteiger partial charge on any atom is -0.346 e. The van der Waals surface area contributed by atoms with E-state index in [1.54, 1.807) is 0 Å². The number of nitrogens with zero attached hydrogens (tertiary/aromatic N) is 1. The molecule has 1 amide bonds. The van der Waals surface area contributed by atoms with E-state index in [0.717, 1.165) is 32.5 Å². The molecule has 1 aromatic heterocycles. The van der Waals surface area contributed by atoms with Crippen LogP contribution < -0.4 is 0 Å². The van der Waals surface area contributed by atoms with Gasteiger partial charge in [-0.25, -0.2) is 0 Å². The second-order valence-electron chi connectivity index (χ2n) is 4.67. The van der Waals surface area contributed by atoms with Crippen molar-refractivity contribution in [1.29, 1.82) is 0 Å². The normalized spacial score (nSPS) is 22.1. The molecule has 0 bridgehead atoms. The maximum absolute atomic E-state index is 12.5. The van der Waals surface area contributed by atoms with Gasteiger partial charge in [-0.2, -0.15) is 0 Å². The van der Waals surface area contributed by atoms with Crippen LogP contribution in [0.2, 0.25) is 0 Å². The summed E-state index contributed by atoms with van der Waals surface area (Å²) in [6.45, 7) is 2.54. The molecule has 3 heterocycles. The third-order valence-corrected chi connectivity index (χ3v) is 6.62. The molecule has 0 aromatic carbocycles. The van der Waals surface area contributed by atoms with Crippen LogP contribution in [0.5, 0.6) is 0 Å². The molecule has 0 atom stereocenters. The lowest BCUT2D eigenvalue weighted by molar-refractivity contribution is -0.183. The van der Waals surface area contributed by atoms with Crippen LogP contribution in [0.3, 0.4) is 0 Å². The van der Waals surface area contributed by atoms with Crippen molar-refractivity contribution in [2.24, 2.45) is 0 Å². The predicted octanol–water partition coefficient (Wildman–Crippen LogP) is 3.25. The number of ether oxygens (including phenoxy) is 2. The van der Waals surface area contributed by atoms with Gasteiger partial charge >= 0.3 is 0 Å². The first-order chi connectivity index (χ1) is 9.10. The fourth-order valence-corrected chi connectivity index (χ4v) is 4.51. The van der Waals surface area contributed by atoms with E-state index in [1.165, 1.54) is 11.3 Å². The topological polar surface area (TPSA) is 38.8 Å². The lowest BCUT2D eigenvalue weighted by Crippen LogP contribution is -2.50. The summed E-state index contributed by atoms with van der Waals surface area (Å²) in [6.07, 6.45) is 1.79. The third-order valence-electron chi connectivity index (χ3n) is 3.37. The molecular formula is C12H13Br2NO3S. The van der Waals surface area contributed by atoms with Gasteiger partial charge in [-0.15, -0.1) is 11.3 Å². The number of carbonyl (C=O) groups is 1. The van der Waals surface area contributed by atoms with Crippen LogP contribution in [0.25, 0.3) is 0 Å². The van der Waals surface area contributed by atoms with Crippen LogP contribution in [0, 0.1) is 0 Å². The Bertz CT molecular complexity index is 480. The van der Waals surface area contributed by atoms with E-state index in [2.05, 4.69) is 31.9 Å². The molecule has 0 aliphatic carbocycles. The molecule has 0 saturated carbocycles. The van der Waals surface area contributed by atoms with Crippen LogP contribution in [0.4, 0.5) is 0 Å². The molecular weight excluding hydrogens is 398 g/mol. The van der Waals surface area contributed by atoms with Crippen LogP contribution in [0.15, 0.2) is 14.3 Å². The van der Waals surface area contributed by atoms with Gasteiger partial charge in [0.15, 0.2) is 5.79 Å². The molecule has 1 spiro atoms. The van der Waals surface area contributed by atoms with Crippen molar-refractivity contribution in [2.45, 2.75) is 18.6 Å². The van der Waals surface area contributed by atoms with Gasteiger partial charge in [0, 0.05) is 17.4 Å². The number of thiophene rings is 1. The lowest BCUT2D eigenvalue weighted by atomic mass is 10.0. The fourth-order valence-electron chi connectivity index (χ4n) is 2.50. The molecule has 2 aliphatic heterocycles. The zero-order valence-corrected chi connectivity index (χ0v) is 14.1. The van der Waals surface area contributed by atoms with Crippen LogP contribution in [-0.2, 0) is 9.47 Å². The molecule has 4 nitrogen and oxygen atoms in total. The van der Waals surface area contributed by atoms with E-state index in [9.17, 15) is 4.79 Å². The molecule has 19 heavy (non-hydrogen) atoms. The molecule has 2 fully saturated rings. The van der Waals surface area contributed by atoms with Crippen molar-refractivity contribution in [3.05, 3.63) is 19.2 Å². The molecule has 2 aliphatic rings. The summed E-state index contributed by atoms with van der Waals surface area (Å²) in [5.74, 6) is -0.505. The van der Waals surface area contributed by atoms with Gasteiger partial charge in [0.1, 0.15) is 0 Å². The standard InChI is InChI=1S/C12H13Br2NO3S/c13-8-6-9(19-10(8)14)11(16)15-3-1-2-12(7-15)17-4-5-18-12/h6H,1-5,7H2. The summed E-state index contributed by atoms with van der Waals surface area (Å²) in [6, 6.07) is 1.86.